The van der Waals surface area contributed by atoms with Crippen molar-refractivity contribution in [2.24, 2.45) is 0 Å². The molecule has 0 saturated carbocycles. The molecule has 44 heavy (non-hydrogen) atoms. The minimum absolute atomic E-state index is 0.0545. The number of hydrogen-bond donors (Lipinski definition) is 1. The Morgan fingerprint density at radius 1 is 0.909 bits per heavy atom. The van der Waals surface area contributed by atoms with Gasteiger partial charge in [-0.1, -0.05) is 42.3 Å². The first-order chi connectivity index (χ1) is 20.7. The number of aryl methyl sites for hydroxylation is 2. The van der Waals surface area contributed by atoms with E-state index in [1.807, 2.05) is 33.8 Å². The molecule has 0 aromatic heterocycles. The van der Waals surface area contributed by atoms with E-state index in [9.17, 15) is 18.0 Å². The number of carbonyl (C=O) groups excluding carboxylic acids is 2. The highest BCUT2D eigenvalue weighted by Crippen LogP contribution is 2.33. The molecule has 2 amide bonds. The van der Waals surface area contributed by atoms with E-state index in [2.05, 4.69) is 5.32 Å². The van der Waals surface area contributed by atoms with Crippen molar-refractivity contribution in [1.82, 2.24) is 10.2 Å². The maximum Gasteiger partial charge on any atom is 0.264 e. The Balaban J connectivity index is 2.13. The number of ether oxygens (including phenoxy) is 2. The largest absolute Gasteiger partial charge is 0.493 e. The van der Waals surface area contributed by atoms with E-state index in [1.165, 1.54) is 37.3 Å². The zero-order valence-electron chi connectivity index (χ0n) is 26.0. The third kappa shape index (κ3) is 8.37. The van der Waals surface area contributed by atoms with Crippen LogP contribution in [0, 0.1) is 13.8 Å². The predicted octanol–water partition coefficient (Wildman–Crippen LogP) is 6.15. The van der Waals surface area contributed by atoms with Crippen molar-refractivity contribution in [3.8, 4) is 11.5 Å². The van der Waals surface area contributed by atoms with Gasteiger partial charge in [0.2, 0.25) is 11.8 Å². The lowest BCUT2D eigenvalue weighted by Gasteiger charge is -2.33. The van der Waals surface area contributed by atoms with E-state index in [0.717, 1.165) is 15.4 Å². The smallest absolute Gasteiger partial charge is 0.264 e. The molecule has 238 valence electrons. The van der Waals surface area contributed by atoms with Crippen molar-refractivity contribution in [2.75, 3.05) is 25.1 Å². The highest BCUT2D eigenvalue weighted by molar-refractivity contribution is 7.92. The minimum Gasteiger partial charge on any atom is -0.493 e. The van der Waals surface area contributed by atoms with Crippen LogP contribution in [-0.4, -0.2) is 58.0 Å². The highest BCUT2D eigenvalue weighted by atomic mass is 35.5. The fraction of sp³-hybridized carbons (Fsp3) is 0.375. The number of amides is 2. The molecule has 3 aromatic rings. The van der Waals surface area contributed by atoms with Gasteiger partial charge < -0.3 is 19.7 Å². The molecule has 0 heterocycles. The molecule has 1 N–H and O–H groups in total. The number of anilines is 1. The van der Waals surface area contributed by atoms with Crippen molar-refractivity contribution in [2.45, 2.75) is 64.6 Å². The number of halogens is 2. The molecule has 9 nitrogen and oxygen atoms in total. The van der Waals surface area contributed by atoms with E-state index in [-0.39, 0.29) is 29.1 Å². The number of carbonyl (C=O) groups is 2. The van der Waals surface area contributed by atoms with Crippen molar-refractivity contribution in [3.63, 3.8) is 0 Å². The maximum absolute atomic E-state index is 14.3. The van der Waals surface area contributed by atoms with E-state index in [1.54, 1.807) is 37.3 Å². The number of benzene rings is 3. The molecule has 0 bridgehead atoms. The molecule has 0 aliphatic carbocycles. The Kier molecular flexibility index (Phi) is 11.9. The summed E-state index contributed by atoms with van der Waals surface area (Å²) in [6.07, 6.45) is 0.694. The van der Waals surface area contributed by atoms with Crippen LogP contribution in [-0.2, 0) is 26.2 Å². The molecule has 0 unspecified atom stereocenters. The van der Waals surface area contributed by atoms with E-state index < -0.39 is 28.5 Å². The quantitative estimate of drug-likeness (QED) is 0.235. The first kappa shape index (κ1) is 35.0. The second-order valence-electron chi connectivity index (χ2n) is 10.6. The van der Waals surface area contributed by atoms with Gasteiger partial charge in [-0.25, -0.2) is 8.42 Å². The van der Waals surface area contributed by atoms with Crippen LogP contribution in [0.5, 0.6) is 11.5 Å². The molecular weight excluding hydrogens is 625 g/mol. The number of methoxy groups -OCH3 is 2. The average molecular weight is 665 g/mol. The third-order valence-corrected chi connectivity index (χ3v) is 9.60. The van der Waals surface area contributed by atoms with Crippen LogP contribution in [0.25, 0.3) is 0 Å². The molecule has 0 aliphatic heterocycles. The summed E-state index contributed by atoms with van der Waals surface area (Å²) >= 11 is 12.6. The second kappa shape index (κ2) is 15.0. The molecule has 3 aromatic carbocycles. The summed E-state index contributed by atoms with van der Waals surface area (Å²) in [6, 6.07) is 13.3. The number of nitrogens with zero attached hydrogens (tertiary/aromatic N) is 2. The van der Waals surface area contributed by atoms with Crippen molar-refractivity contribution >= 4 is 50.7 Å². The molecule has 12 heteroatoms. The summed E-state index contributed by atoms with van der Waals surface area (Å²) < 4.78 is 40.2. The molecular formula is C32H39Cl2N3O6S. The van der Waals surface area contributed by atoms with Crippen LogP contribution in [0.1, 0.15) is 43.9 Å². The first-order valence-electron chi connectivity index (χ1n) is 14.1. The second-order valence-corrected chi connectivity index (χ2v) is 13.3. The van der Waals surface area contributed by atoms with Crippen LogP contribution in [0.15, 0.2) is 59.5 Å². The lowest BCUT2D eigenvalue weighted by molar-refractivity contribution is -0.139. The fourth-order valence-electron chi connectivity index (χ4n) is 4.61. The van der Waals surface area contributed by atoms with Gasteiger partial charge in [-0.15, -0.1) is 0 Å². The summed E-state index contributed by atoms with van der Waals surface area (Å²) in [5.41, 5.74) is 2.47. The summed E-state index contributed by atoms with van der Waals surface area (Å²) in [4.78, 5) is 28.7. The standard InChI is InChI=1S/C32H39Cl2N3O6S/c1-8-22(4)35-32(39)23(5)36(18-24-9-10-25(33)16-28(24)34)31(38)19-37(26-14-20(2)13-21(3)15-26)44(40,41)27-11-12-29(42-6)30(17-27)43-7/h9-17,22-23H,8,18-19H2,1-7H3,(H,35,39)/t22-,23+/m0/s1. The number of nitrogens with one attached hydrogen (secondary N) is 1. The lowest BCUT2D eigenvalue weighted by Crippen LogP contribution is -2.52. The van der Waals surface area contributed by atoms with Crippen LogP contribution in [0.4, 0.5) is 5.69 Å². The molecule has 0 fully saturated rings. The molecule has 0 spiro atoms. The van der Waals surface area contributed by atoms with Crippen molar-refractivity contribution in [3.05, 3.63) is 81.3 Å². The van der Waals surface area contributed by atoms with Crippen LogP contribution in [0.3, 0.4) is 0 Å². The molecule has 0 aliphatic rings. The van der Waals surface area contributed by atoms with Gasteiger partial charge in [0.15, 0.2) is 11.5 Å². The highest BCUT2D eigenvalue weighted by Gasteiger charge is 2.33. The van der Waals surface area contributed by atoms with Gasteiger partial charge in [-0.2, -0.15) is 0 Å². The number of rotatable bonds is 13. The molecule has 3 rings (SSSR count). The average Bonchev–Trinajstić information content (AvgIpc) is 2.97. The van der Waals surface area contributed by atoms with Crippen LogP contribution >= 0.6 is 23.2 Å². The van der Waals surface area contributed by atoms with Gasteiger partial charge in [0.1, 0.15) is 12.6 Å². The van der Waals surface area contributed by atoms with Gasteiger partial charge in [0.25, 0.3) is 10.0 Å². The summed E-state index contributed by atoms with van der Waals surface area (Å²) in [5, 5.41) is 3.64. The Bertz CT molecular complexity index is 1600. The predicted molar refractivity (Wildman–Crippen MR) is 174 cm³/mol. The SMILES string of the molecule is CC[C@H](C)NC(=O)[C@@H](C)N(Cc1ccc(Cl)cc1Cl)C(=O)CN(c1cc(C)cc(C)c1)S(=O)(=O)c1ccc(OC)c(OC)c1. The summed E-state index contributed by atoms with van der Waals surface area (Å²) in [7, 11) is -1.46. The molecule has 0 saturated heterocycles. The molecule has 2 atom stereocenters. The van der Waals surface area contributed by atoms with E-state index in [0.29, 0.717) is 33.5 Å². The van der Waals surface area contributed by atoms with E-state index >= 15 is 0 Å². The van der Waals surface area contributed by atoms with Gasteiger partial charge in [-0.3, -0.25) is 13.9 Å². The van der Waals surface area contributed by atoms with Gasteiger partial charge in [-0.05, 0) is 87.2 Å². The topological polar surface area (TPSA) is 105 Å². The summed E-state index contributed by atoms with van der Waals surface area (Å²) in [5.74, 6) is -0.410. The van der Waals surface area contributed by atoms with Gasteiger partial charge in [0, 0.05) is 28.7 Å². The van der Waals surface area contributed by atoms with Gasteiger partial charge >= 0.3 is 0 Å². The summed E-state index contributed by atoms with van der Waals surface area (Å²) in [6.45, 7) is 8.44. The normalized spacial score (nSPS) is 12.7. The monoisotopic (exact) mass is 663 g/mol. The maximum atomic E-state index is 14.3. The van der Waals surface area contributed by atoms with Crippen LogP contribution < -0.4 is 19.1 Å². The Hall–Kier alpha value is -3.47. The zero-order valence-corrected chi connectivity index (χ0v) is 28.3. The number of sulfonamides is 1. The number of hydrogen-bond acceptors (Lipinski definition) is 6. The Labute approximate surface area is 270 Å². The Morgan fingerprint density at radius 2 is 1.55 bits per heavy atom. The third-order valence-electron chi connectivity index (χ3n) is 7.24. The Morgan fingerprint density at radius 3 is 2.11 bits per heavy atom. The fourth-order valence-corrected chi connectivity index (χ4v) is 6.49. The molecule has 0 radical (unpaired) electrons. The van der Waals surface area contributed by atoms with Crippen LogP contribution in [0.2, 0.25) is 10.0 Å². The van der Waals surface area contributed by atoms with Crippen molar-refractivity contribution < 1.29 is 27.5 Å². The first-order valence-corrected chi connectivity index (χ1v) is 16.3. The lowest BCUT2D eigenvalue weighted by atomic mass is 10.1. The minimum atomic E-state index is -4.32. The van der Waals surface area contributed by atoms with Crippen molar-refractivity contribution in [1.29, 1.82) is 0 Å². The zero-order chi connectivity index (χ0) is 32.8. The van der Waals surface area contributed by atoms with E-state index in [4.69, 9.17) is 32.7 Å². The van der Waals surface area contributed by atoms with Gasteiger partial charge in [0.05, 0.1) is 24.8 Å².